The molecule has 0 radical (unpaired) electrons. The Morgan fingerprint density at radius 1 is 1.07 bits per heavy atom. The predicted octanol–water partition coefficient (Wildman–Crippen LogP) is 4.73. The average Bonchev–Trinajstić information content (AvgIpc) is 2.90. The first-order valence-electron chi connectivity index (χ1n) is 10.4. The van der Waals surface area contributed by atoms with Gasteiger partial charge in [-0.1, -0.05) is 70.1 Å². The highest BCUT2D eigenvalue weighted by Crippen LogP contribution is 2.25. The zero-order chi connectivity index (χ0) is 20.1. The average molecular weight is 401 g/mol. The number of benzene rings is 1. The molecule has 6 heteroatoms. The summed E-state index contributed by atoms with van der Waals surface area (Å²) >= 11 is 1.49. The molecule has 2 heterocycles. The van der Waals surface area contributed by atoms with Crippen LogP contribution in [-0.2, 0) is 17.8 Å². The SMILES string of the molecule is CC(C)c1ccc([C@@H](NC(=O)CSc2nnc3n2CCCCC3)C(C)C)cc1. The van der Waals surface area contributed by atoms with Crippen molar-refractivity contribution in [2.24, 2.45) is 5.92 Å². The zero-order valence-electron chi connectivity index (χ0n) is 17.4. The summed E-state index contributed by atoms with van der Waals surface area (Å²) in [5.74, 6) is 2.30. The van der Waals surface area contributed by atoms with Gasteiger partial charge in [-0.05, 0) is 35.8 Å². The molecule has 152 valence electrons. The maximum absolute atomic E-state index is 12.6. The number of hydrogen-bond donors (Lipinski definition) is 1. The Hall–Kier alpha value is -1.82. The number of amides is 1. The molecule has 1 aliphatic rings. The van der Waals surface area contributed by atoms with Crippen LogP contribution in [0.2, 0.25) is 0 Å². The van der Waals surface area contributed by atoms with Crippen molar-refractivity contribution in [3.63, 3.8) is 0 Å². The Bertz CT molecular complexity index is 782. The summed E-state index contributed by atoms with van der Waals surface area (Å²) in [6.45, 7) is 9.64. The minimum Gasteiger partial charge on any atom is -0.348 e. The second-order valence-corrected chi connectivity index (χ2v) is 9.20. The fourth-order valence-electron chi connectivity index (χ4n) is 3.63. The van der Waals surface area contributed by atoms with Crippen LogP contribution in [0.4, 0.5) is 0 Å². The Morgan fingerprint density at radius 2 is 1.79 bits per heavy atom. The first-order chi connectivity index (χ1) is 13.5. The largest absolute Gasteiger partial charge is 0.348 e. The normalized spacial score (nSPS) is 15.4. The van der Waals surface area contributed by atoms with Gasteiger partial charge in [-0.3, -0.25) is 4.79 Å². The number of rotatable bonds is 7. The quantitative estimate of drug-likeness (QED) is 0.682. The van der Waals surface area contributed by atoms with Crippen LogP contribution in [0.3, 0.4) is 0 Å². The molecule has 0 saturated carbocycles. The number of aromatic nitrogens is 3. The molecule has 0 fully saturated rings. The second-order valence-electron chi connectivity index (χ2n) is 8.26. The maximum Gasteiger partial charge on any atom is 0.230 e. The Kier molecular flexibility index (Phi) is 7.16. The lowest BCUT2D eigenvalue weighted by atomic mass is 9.93. The molecule has 5 nitrogen and oxygen atoms in total. The fourth-order valence-corrected chi connectivity index (χ4v) is 4.43. The molecular formula is C22H32N4OS. The third-order valence-electron chi connectivity index (χ3n) is 5.35. The summed E-state index contributed by atoms with van der Waals surface area (Å²) in [6, 6.07) is 8.64. The molecule has 1 aliphatic heterocycles. The van der Waals surface area contributed by atoms with Crippen molar-refractivity contribution in [2.45, 2.75) is 77.0 Å². The highest BCUT2D eigenvalue weighted by Gasteiger charge is 2.20. The van der Waals surface area contributed by atoms with Gasteiger partial charge in [-0.15, -0.1) is 10.2 Å². The van der Waals surface area contributed by atoms with Crippen molar-refractivity contribution in [3.05, 3.63) is 41.2 Å². The fraction of sp³-hybridized carbons (Fsp3) is 0.591. The molecule has 0 aliphatic carbocycles. The van der Waals surface area contributed by atoms with E-state index < -0.39 is 0 Å². The maximum atomic E-state index is 12.6. The number of nitrogens with zero attached hydrogens (tertiary/aromatic N) is 3. The van der Waals surface area contributed by atoms with Crippen molar-refractivity contribution in [2.75, 3.05) is 5.75 Å². The molecule has 0 saturated heterocycles. The van der Waals surface area contributed by atoms with E-state index in [1.807, 2.05) is 0 Å². The minimum atomic E-state index is 0.0184. The molecule has 28 heavy (non-hydrogen) atoms. The monoisotopic (exact) mass is 400 g/mol. The van der Waals surface area contributed by atoms with Crippen molar-refractivity contribution < 1.29 is 4.79 Å². The van der Waals surface area contributed by atoms with Crippen LogP contribution >= 0.6 is 11.8 Å². The summed E-state index contributed by atoms with van der Waals surface area (Å²) in [5.41, 5.74) is 2.48. The summed E-state index contributed by atoms with van der Waals surface area (Å²) in [4.78, 5) is 12.6. The van der Waals surface area contributed by atoms with E-state index in [0.717, 1.165) is 35.9 Å². The first-order valence-corrected chi connectivity index (χ1v) is 11.4. The Morgan fingerprint density at radius 3 is 2.46 bits per heavy atom. The number of aryl methyl sites for hydroxylation is 1. The first kappa shape index (κ1) is 20.9. The van der Waals surface area contributed by atoms with Crippen molar-refractivity contribution in [3.8, 4) is 0 Å². The van der Waals surface area contributed by atoms with E-state index in [1.165, 1.54) is 30.2 Å². The highest BCUT2D eigenvalue weighted by atomic mass is 32.2. The van der Waals surface area contributed by atoms with Crippen LogP contribution in [0, 0.1) is 5.92 Å². The van der Waals surface area contributed by atoms with Gasteiger partial charge in [0.25, 0.3) is 0 Å². The molecule has 3 rings (SSSR count). The van der Waals surface area contributed by atoms with E-state index in [2.05, 4.69) is 72.0 Å². The van der Waals surface area contributed by atoms with Gasteiger partial charge < -0.3 is 9.88 Å². The van der Waals surface area contributed by atoms with Gasteiger partial charge in [0, 0.05) is 13.0 Å². The van der Waals surface area contributed by atoms with Crippen LogP contribution < -0.4 is 5.32 Å². The molecule has 0 bridgehead atoms. The van der Waals surface area contributed by atoms with Crippen molar-refractivity contribution in [1.82, 2.24) is 20.1 Å². The molecule has 1 atom stereocenters. The molecule has 0 spiro atoms. The lowest BCUT2D eigenvalue weighted by Gasteiger charge is -2.23. The summed E-state index contributed by atoms with van der Waals surface area (Å²) in [7, 11) is 0. The minimum absolute atomic E-state index is 0.0184. The van der Waals surface area contributed by atoms with E-state index in [4.69, 9.17) is 0 Å². The molecule has 1 aromatic heterocycles. The number of carbonyl (C=O) groups is 1. The molecule has 1 amide bonds. The number of thioether (sulfide) groups is 1. The molecule has 1 aromatic carbocycles. The van der Waals surface area contributed by atoms with E-state index >= 15 is 0 Å². The second kappa shape index (κ2) is 9.59. The van der Waals surface area contributed by atoms with Crippen molar-refractivity contribution in [1.29, 1.82) is 0 Å². The van der Waals surface area contributed by atoms with Gasteiger partial charge in [0.1, 0.15) is 5.82 Å². The Balaban J connectivity index is 1.61. The van der Waals surface area contributed by atoms with Crippen molar-refractivity contribution >= 4 is 17.7 Å². The summed E-state index contributed by atoms with van der Waals surface area (Å²) in [6.07, 6.45) is 4.56. The molecular weight excluding hydrogens is 368 g/mol. The number of carbonyl (C=O) groups excluding carboxylic acids is 1. The third kappa shape index (κ3) is 5.16. The number of hydrogen-bond acceptors (Lipinski definition) is 4. The molecule has 0 unspecified atom stereocenters. The van der Waals surface area contributed by atoms with E-state index in [0.29, 0.717) is 17.6 Å². The lowest BCUT2D eigenvalue weighted by Crippen LogP contribution is -2.33. The number of nitrogens with one attached hydrogen (secondary N) is 1. The van der Waals surface area contributed by atoms with Gasteiger partial charge in [-0.2, -0.15) is 0 Å². The van der Waals surface area contributed by atoms with Gasteiger partial charge >= 0.3 is 0 Å². The van der Waals surface area contributed by atoms with E-state index in [-0.39, 0.29) is 11.9 Å². The van der Waals surface area contributed by atoms with Gasteiger partial charge in [0.05, 0.1) is 11.8 Å². The van der Waals surface area contributed by atoms with Crippen LogP contribution in [-0.4, -0.2) is 26.4 Å². The van der Waals surface area contributed by atoms with Crippen LogP contribution in [0.15, 0.2) is 29.4 Å². The van der Waals surface area contributed by atoms with Gasteiger partial charge in [0.15, 0.2) is 5.16 Å². The van der Waals surface area contributed by atoms with E-state index in [9.17, 15) is 4.79 Å². The summed E-state index contributed by atoms with van der Waals surface area (Å²) < 4.78 is 2.19. The third-order valence-corrected chi connectivity index (χ3v) is 6.32. The summed E-state index contributed by atoms with van der Waals surface area (Å²) in [5, 5.41) is 12.7. The van der Waals surface area contributed by atoms with Crippen LogP contribution in [0.5, 0.6) is 0 Å². The lowest BCUT2D eigenvalue weighted by molar-refractivity contribution is -0.119. The highest BCUT2D eigenvalue weighted by molar-refractivity contribution is 7.99. The van der Waals surface area contributed by atoms with Crippen LogP contribution in [0.1, 0.15) is 75.9 Å². The van der Waals surface area contributed by atoms with Crippen LogP contribution in [0.25, 0.3) is 0 Å². The smallest absolute Gasteiger partial charge is 0.230 e. The topological polar surface area (TPSA) is 59.8 Å². The molecule has 1 N–H and O–H groups in total. The molecule has 2 aromatic rings. The number of fused-ring (bicyclic) bond motifs is 1. The zero-order valence-corrected chi connectivity index (χ0v) is 18.3. The van der Waals surface area contributed by atoms with Gasteiger partial charge in [0.2, 0.25) is 5.91 Å². The Labute approximate surface area is 172 Å². The predicted molar refractivity (Wildman–Crippen MR) is 115 cm³/mol. The standard InChI is InChI=1S/C22H32N4OS/c1-15(2)17-9-11-18(12-10-17)21(16(3)4)23-20(27)14-28-22-25-24-19-8-6-5-7-13-26(19)22/h9-12,15-16,21H,5-8,13-14H2,1-4H3,(H,23,27)/t21-/m0/s1. The van der Waals surface area contributed by atoms with E-state index in [1.54, 1.807) is 0 Å². The van der Waals surface area contributed by atoms with Gasteiger partial charge in [-0.25, -0.2) is 0 Å².